The fourth-order valence-electron chi connectivity index (χ4n) is 1.65. The van der Waals surface area contributed by atoms with Crippen molar-refractivity contribution in [3.05, 3.63) is 41.2 Å². The normalized spacial score (nSPS) is 15.1. The van der Waals surface area contributed by atoms with Crippen LogP contribution < -0.4 is 0 Å². The second kappa shape index (κ2) is 4.76. The van der Waals surface area contributed by atoms with Crippen molar-refractivity contribution >= 4 is 5.78 Å². The number of carbonyl (C=O) groups excluding carboxylic acids is 1. The van der Waals surface area contributed by atoms with Crippen molar-refractivity contribution in [2.75, 3.05) is 0 Å². The van der Waals surface area contributed by atoms with E-state index < -0.39 is 0 Å². The maximum Gasteiger partial charge on any atom is 0.156 e. The highest BCUT2D eigenvalue weighted by Gasteiger charge is 2.07. The van der Waals surface area contributed by atoms with E-state index in [0.717, 1.165) is 29.8 Å². The smallest absolute Gasteiger partial charge is 0.156 e. The molecule has 0 bridgehead atoms. The van der Waals surface area contributed by atoms with E-state index in [9.17, 15) is 4.79 Å². The first-order valence-corrected chi connectivity index (χ1v) is 5.43. The van der Waals surface area contributed by atoms with E-state index in [1.807, 2.05) is 25.1 Å². The van der Waals surface area contributed by atoms with E-state index in [1.165, 1.54) is 0 Å². The zero-order valence-corrected chi connectivity index (χ0v) is 9.29. The maximum atomic E-state index is 11.2. The number of hydrogen-bond donors (Lipinski definition) is 0. The first-order valence-electron chi connectivity index (χ1n) is 5.43. The Morgan fingerprint density at radius 1 is 1.25 bits per heavy atom. The molecule has 0 atom stereocenters. The van der Waals surface area contributed by atoms with Gasteiger partial charge in [0.15, 0.2) is 5.78 Å². The summed E-state index contributed by atoms with van der Waals surface area (Å²) >= 11 is 0. The zero-order valence-electron chi connectivity index (χ0n) is 9.29. The lowest BCUT2D eigenvalue weighted by Crippen LogP contribution is -2.01. The van der Waals surface area contributed by atoms with Gasteiger partial charge < -0.3 is 0 Å². The lowest BCUT2D eigenvalue weighted by Gasteiger charge is -2.04. The fraction of sp³-hybridized carbons (Fsp3) is 0.286. The van der Waals surface area contributed by atoms with Gasteiger partial charge in [0.25, 0.3) is 0 Å². The fourth-order valence-corrected chi connectivity index (χ4v) is 1.65. The van der Waals surface area contributed by atoms with E-state index in [0.29, 0.717) is 6.42 Å². The summed E-state index contributed by atoms with van der Waals surface area (Å²) in [6.07, 6.45) is 4.14. The molecule has 0 saturated carbocycles. The molecule has 0 aromatic carbocycles. The van der Waals surface area contributed by atoms with Crippen molar-refractivity contribution < 1.29 is 4.79 Å². The molecule has 2 nitrogen and oxygen atoms in total. The standard InChI is InChI=1S/C14H13NO/c1-11-4-2-6-13(15-11)9-8-12-5-3-7-14(16)10-12/h2,4,6,10H,3,5,7H2,1H3. The Labute approximate surface area is 95.4 Å². The third kappa shape index (κ3) is 2.80. The number of hydrogen-bond acceptors (Lipinski definition) is 2. The van der Waals surface area contributed by atoms with Crippen LogP contribution >= 0.6 is 0 Å². The van der Waals surface area contributed by atoms with Crippen LogP contribution in [0, 0.1) is 18.8 Å². The molecular formula is C14H13NO. The van der Waals surface area contributed by atoms with Crippen LogP contribution in [0.25, 0.3) is 0 Å². The molecule has 0 aliphatic heterocycles. The molecule has 0 amide bonds. The molecule has 0 fully saturated rings. The van der Waals surface area contributed by atoms with Gasteiger partial charge in [-0.2, -0.15) is 0 Å². The summed E-state index contributed by atoms with van der Waals surface area (Å²) in [4.78, 5) is 15.5. The van der Waals surface area contributed by atoms with Gasteiger partial charge >= 0.3 is 0 Å². The van der Waals surface area contributed by atoms with Crippen LogP contribution in [0.2, 0.25) is 0 Å². The zero-order chi connectivity index (χ0) is 11.4. The number of nitrogens with zero attached hydrogens (tertiary/aromatic N) is 1. The number of pyridine rings is 1. The van der Waals surface area contributed by atoms with Crippen molar-refractivity contribution in [3.63, 3.8) is 0 Å². The molecule has 0 unspecified atom stereocenters. The Morgan fingerprint density at radius 3 is 2.88 bits per heavy atom. The van der Waals surface area contributed by atoms with Gasteiger partial charge in [0.05, 0.1) is 0 Å². The second-order valence-corrected chi connectivity index (χ2v) is 3.90. The lowest BCUT2D eigenvalue weighted by molar-refractivity contribution is -0.115. The summed E-state index contributed by atoms with van der Waals surface area (Å²) in [6.45, 7) is 1.94. The van der Waals surface area contributed by atoms with Gasteiger partial charge in [-0.1, -0.05) is 12.0 Å². The number of carbonyl (C=O) groups is 1. The number of allylic oxidation sites excluding steroid dienone is 2. The molecule has 80 valence electrons. The van der Waals surface area contributed by atoms with E-state index in [2.05, 4.69) is 16.8 Å². The highest BCUT2D eigenvalue weighted by molar-refractivity contribution is 5.91. The van der Waals surface area contributed by atoms with Crippen molar-refractivity contribution in [3.8, 4) is 11.8 Å². The van der Waals surface area contributed by atoms with Crippen LogP contribution in [0.3, 0.4) is 0 Å². The van der Waals surface area contributed by atoms with Gasteiger partial charge in [-0.25, -0.2) is 4.98 Å². The van der Waals surface area contributed by atoms with Crippen LogP contribution in [0.4, 0.5) is 0 Å². The molecule has 1 aromatic rings. The number of rotatable bonds is 0. The van der Waals surface area contributed by atoms with Crippen LogP contribution in [0.1, 0.15) is 30.7 Å². The largest absolute Gasteiger partial charge is 0.295 e. The predicted molar refractivity (Wildman–Crippen MR) is 62.8 cm³/mol. The first kappa shape index (κ1) is 10.6. The molecule has 0 N–H and O–H groups in total. The molecule has 1 heterocycles. The number of ketones is 1. The molecular weight excluding hydrogens is 198 g/mol. The van der Waals surface area contributed by atoms with Crippen LogP contribution in [0.5, 0.6) is 0 Å². The van der Waals surface area contributed by atoms with E-state index >= 15 is 0 Å². The quantitative estimate of drug-likeness (QED) is 0.617. The molecule has 1 aliphatic carbocycles. The minimum Gasteiger partial charge on any atom is -0.295 e. The van der Waals surface area contributed by atoms with Gasteiger partial charge in [0.1, 0.15) is 5.69 Å². The summed E-state index contributed by atoms with van der Waals surface area (Å²) in [7, 11) is 0. The minimum atomic E-state index is 0.188. The van der Waals surface area contributed by atoms with E-state index in [-0.39, 0.29) is 5.78 Å². The number of aryl methyl sites for hydroxylation is 1. The Bertz CT molecular complexity index is 503. The molecule has 1 aromatic heterocycles. The average Bonchev–Trinajstić information content (AvgIpc) is 2.27. The molecule has 2 rings (SSSR count). The third-order valence-electron chi connectivity index (χ3n) is 2.44. The van der Waals surface area contributed by atoms with Crippen molar-refractivity contribution in [1.29, 1.82) is 0 Å². The lowest BCUT2D eigenvalue weighted by atomic mass is 9.99. The van der Waals surface area contributed by atoms with Crippen LogP contribution in [-0.2, 0) is 4.79 Å². The third-order valence-corrected chi connectivity index (χ3v) is 2.44. The first-order chi connectivity index (χ1) is 7.74. The second-order valence-electron chi connectivity index (χ2n) is 3.90. The van der Waals surface area contributed by atoms with Crippen LogP contribution in [-0.4, -0.2) is 10.8 Å². The van der Waals surface area contributed by atoms with Crippen molar-refractivity contribution in [1.82, 2.24) is 4.98 Å². The molecule has 0 spiro atoms. The number of aromatic nitrogens is 1. The van der Waals surface area contributed by atoms with Gasteiger partial charge in [-0.05, 0) is 43.9 Å². The van der Waals surface area contributed by atoms with Crippen molar-refractivity contribution in [2.45, 2.75) is 26.2 Å². The Morgan fingerprint density at radius 2 is 2.12 bits per heavy atom. The van der Waals surface area contributed by atoms with Crippen molar-refractivity contribution in [2.24, 2.45) is 0 Å². The monoisotopic (exact) mass is 211 g/mol. The predicted octanol–water partition coefficient (Wildman–Crippen LogP) is 2.42. The molecule has 0 radical (unpaired) electrons. The van der Waals surface area contributed by atoms with Gasteiger partial charge in [0, 0.05) is 17.7 Å². The van der Waals surface area contributed by atoms with E-state index in [1.54, 1.807) is 6.08 Å². The summed E-state index contributed by atoms with van der Waals surface area (Å²) in [6, 6.07) is 5.76. The van der Waals surface area contributed by atoms with Crippen LogP contribution in [0.15, 0.2) is 29.8 Å². The molecule has 1 aliphatic rings. The maximum absolute atomic E-state index is 11.2. The highest BCUT2D eigenvalue weighted by atomic mass is 16.1. The topological polar surface area (TPSA) is 30.0 Å². The minimum absolute atomic E-state index is 0.188. The van der Waals surface area contributed by atoms with E-state index in [4.69, 9.17) is 0 Å². The molecule has 16 heavy (non-hydrogen) atoms. The SMILES string of the molecule is Cc1cccc(C#CC2=CC(=O)CCC2)n1. The average molecular weight is 211 g/mol. The van der Waals surface area contributed by atoms with Gasteiger partial charge in [-0.3, -0.25) is 4.79 Å². The summed E-state index contributed by atoms with van der Waals surface area (Å²) in [5, 5.41) is 0. The summed E-state index contributed by atoms with van der Waals surface area (Å²) < 4.78 is 0. The molecule has 0 saturated heterocycles. The van der Waals surface area contributed by atoms with Gasteiger partial charge in [0.2, 0.25) is 0 Å². The Hall–Kier alpha value is -1.88. The summed E-state index contributed by atoms with van der Waals surface area (Å²) in [5.74, 6) is 6.21. The van der Waals surface area contributed by atoms with Gasteiger partial charge in [-0.15, -0.1) is 0 Å². The molecule has 2 heteroatoms. The highest BCUT2D eigenvalue weighted by Crippen LogP contribution is 2.13. The Balaban J connectivity index is 2.18. The Kier molecular flexibility index (Phi) is 3.16. The summed E-state index contributed by atoms with van der Waals surface area (Å²) in [5.41, 5.74) is 2.65.